The maximum atomic E-state index is 5.36. The van der Waals surface area contributed by atoms with Crippen LogP contribution in [0.5, 0.6) is 0 Å². The third-order valence-electron chi connectivity index (χ3n) is 2.93. The van der Waals surface area contributed by atoms with E-state index in [1.54, 1.807) is 0 Å². The zero-order valence-electron chi connectivity index (χ0n) is 10.5. The van der Waals surface area contributed by atoms with Gasteiger partial charge in [0.1, 0.15) is 5.82 Å². The normalized spacial score (nSPS) is 17.0. The van der Waals surface area contributed by atoms with Crippen LogP contribution >= 0.6 is 0 Å². The van der Waals surface area contributed by atoms with Gasteiger partial charge in [-0.2, -0.15) is 0 Å². The zero-order valence-corrected chi connectivity index (χ0v) is 10.5. The molecular weight excluding hydrogens is 214 g/mol. The molecule has 0 bridgehead atoms. The molecule has 1 aliphatic heterocycles. The van der Waals surface area contributed by atoms with Gasteiger partial charge >= 0.3 is 0 Å². The number of anilines is 1. The molecule has 1 aromatic rings. The molecular formula is C13H21N3O. The highest BCUT2D eigenvalue weighted by molar-refractivity contribution is 5.43. The van der Waals surface area contributed by atoms with Gasteiger partial charge in [0.2, 0.25) is 0 Å². The number of pyridine rings is 1. The highest BCUT2D eigenvalue weighted by atomic mass is 16.5. The SMILES string of the molecule is CCCNc1ncccc1CN1CCOCC1. The van der Waals surface area contributed by atoms with E-state index in [1.165, 1.54) is 5.56 Å². The predicted octanol–water partition coefficient (Wildman–Crippen LogP) is 1.74. The fourth-order valence-corrected chi connectivity index (χ4v) is 1.97. The van der Waals surface area contributed by atoms with Crippen molar-refractivity contribution < 1.29 is 4.74 Å². The molecule has 0 aromatic carbocycles. The summed E-state index contributed by atoms with van der Waals surface area (Å²) in [5, 5.41) is 3.38. The molecule has 0 saturated carbocycles. The van der Waals surface area contributed by atoms with Gasteiger partial charge in [0.25, 0.3) is 0 Å². The maximum Gasteiger partial charge on any atom is 0.130 e. The van der Waals surface area contributed by atoms with Crippen LogP contribution in [0.3, 0.4) is 0 Å². The lowest BCUT2D eigenvalue weighted by molar-refractivity contribution is 0.0342. The summed E-state index contributed by atoms with van der Waals surface area (Å²) >= 11 is 0. The smallest absolute Gasteiger partial charge is 0.130 e. The van der Waals surface area contributed by atoms with Crippen LogP contribution in [-0.2, 0) is 11.3 Å². The summed E-state index contributed by atoms with van der Waals surface area (Å²) in [6.07, 6.45) is 2.97. The van der Waals surface area contributed by atoms with Gasteiger partial charge < -0.3 is 10.1 Å². The fourth-order valence-electron chi connectivity index (χ4n) is 1.97. The number of nitrogens with one attached hydrogen (secondary N) is 1. The van der Waals surface area contributed by atoms with Gasteiger partial charge in [-0.15, -0.1) is 0 Å². The van der Waals surface area contributed by atoms with Crippen LogP contribution in [-0.4, -0.2) is 42.7 Å². The Morgan fingerprint density at radius 1 is 1.41 bits per heavy atom. The molecule has 1 N–H and O–H groups in total. The van der Waals surface area contributed by atoms with Crippen molar-refractivity contribution in [3.63, 3.8) is 0 Å². The van der Waals surface area contributed by atoms with E-state index in [2.05, 4.69) is 28.2 Å². The van der Waals surface area contributed by atoms with Crippen molar-refractivity contribution in [1.29, 1.82) is 0 Å². The number of nitrogens with zero attached hydrogens (tertiary/aromatic N) is 2. The first kappa shape index (κ1) is 12.3. The highest BCUT2D eigenvalue weighted by Gasteiger charge is 2.12. The molecule has 4 heteroatoms. The van der Waals surface area contributed by atoms with Crippen molar-refractivity contribution in [1.82, 2.24) is 9.88 Å². The summed E-state index contributed by atoms with van der Waals surface area (Å²) in [7, 11) is 0. The van der Waals surface area contributed by atoms with Crippen LogP contribution in [0, 0.1) is 0 Å². The molecule has 2 rings (SSSR count). The van der Waals surface area contributed by atoms with Crippen molar-refractivity contribution in [3.05, 3.63) is 23.9 Å². The number of morpholine rings is 1. The molecule has 1 saturated heterocycles. The van der Waals surface area contributed by atoms with E-state index in [4.69, 9.17) is 4.74 Å². The second-order valence-corrected chi connectivity index (χ2v) is 4.33. The average molecular weight is 235 g/mol. The Hall–Kier alpha value is -1.13. The van der Waals surface area contributed by atoms with E-state index in [-0.39, 0.29) is 0 Å². The van der Waals surface area contributed by atoms with Crippen LogP contribution < -0.4 is 5.32 Å². The van der Waals surface area contributed by atoms with Crippen LogP contribution in [0.4, 0.5) is 5.82 Å². The van der Waals surface area contributed by atoms with E-state index in [0.29, 0.717) is 0 Å². The molecule has 0 unspecified atom stereocenters. The van der Waals surface area contributed by atoms with Gasteiger partial charge in [-0.1, -0.05) is 13.0 Å². The third kappa shape index (κ3) is 3.68. The minimum atomic E-state index is 0.845. The Labute approximate surface area is 103 Å². The summed E-state index contributed by atoms with van der Waals surface area (Å²) in [6, 6.07) is 4.16. The standard InChI is InChI=1S/C13H21N3O/c1-2-5-14-13-12(4-3-6-15-13)11-16-7-9-17-10-8-16/h3-4,6H,2,5,7-11H2,1H3,(H,14,15). The van der Waals surface area contributed by atoms with Gasteiger partial charge in [0.15, 0.2) is 0 Å². The summed E-state index contributed by atoms with van der Waals surface area (Å²) in [4.78, 5) is 6.83. The van der Waals surface area contributed by atoms with Gasteiger partial charge in [-0.25, -0.2) is 4.98 Å². The first-order valence-corrected chi connectivity index (χ1v) is 6.38. The van der Waals surface area contributed by atoms with E-state index < -0.39 is 0 Å². The number of hydrogen-bond acceptors (Lipinski definition) is 4. The second kappa shape index (κ2) is 6.57. The van der Waals surface area contributed by atoms with Gasteiger partial charge in [0, 0.05) is 37.9 Å². The zero-order chi connectivity index (χ0) is 11.9. The minimum Gasteiger partial charge on any atom is -0.379 e. The van der Waals surface area contributed by atoms with E-state index in [0.717, 1.165) is 51.6 Å². The molecule has 0 aliphatic carbocycles. The van der Waals surface area contributed by atoms with Crippen LogP contribution in [0.15, 0.2) is 18.3 Å². The molecule has 0 atom stereocenters. The summed E-state index contributed by atoms with van der Waals surface area (Å²) in [5.74, 6) is 1.03. The van der Waals surface area contributed by atoms with Crippen LogP contribution in [0.25, 0.3) is 0 Å². The third-order valence-corrected chi connectivity index (χ3v) is 2.93. The minimum absolute atomic E-state index is 0.845. The van der Waals surface area contributed by atoms with Crippen molar-refractivity contribution in [3.8, 4) is 0 Å². The molecule has 1 fully saturated rings. The monoisotopic (exact) mass is 235 g/mol. The van der Waals surface area contributed by atoms with Gasteiger partial charge in [-0.05, 0) is 12.5 Å². The molecule has 0 spiro atoms. The Balaban J connectivity index is 1.98. The van der Waals surface area contributed by atoms with Crippen molar-refractivity contribution in [2.75, 3.05) is 38.2 Å². The number of hydrogen-bond donors (Lipinski definition) is 1. The van der Waals surface area contributed by atoms with Crippen LogP contribution in [0.1, 0.15) is 18.9 Å². The molecule has 2 heterocycles. The van der Waals surface area contributed by atoms with E-state index >= 15 is 0 Å². The Kier molecular flexibility index (Phi) is 4.76. The van der Waals surface area contributed by atoms with Crippen LogP contribution in [0.2, 0.25) is 0 Å². The lowest BCUT2D eigenvalue weighted by Crippen LogP contribution is -2.35. The first-order chi connectivity index (χ1) is 8.40. The van der Waals surface area contributed by atoms with Gasteiger partial charge in [-0.3, -0.25) is 4.90 Å². The first-order valence-electron chi connectivity index (χ1n) is 6.38. The van der Waals surface area contributed by atoms with Gasteiger partial charge in [0.05, 0.1) is 13.2 Å². The largest absolute Gasteiger partial charge is 0.379 e. The van der Waals surface area contributed by atoms with Crippen molar-refractivity contribution in [2.24, 2.45) is 0 Å². The Bertz CT molecular complexity index is 337. The molecule has 1 aliphatic rings. The molecule has 4 nitrogen and oxygen atoms in total. The predicted molar refractivity (Wildman–Crippen MR) is 69.1 cm³/mol. The van der Waals surface area contributed by atoms with Crippen molar-refractivity contribution in [2.45, 2.75) is 19.9 Å². The summed E-state index contributed by atoms with van der Waals surface area (Å²) in [6.45, 7) is 7.83. The lowest BCUT2D eigenvalue weighted by atomic mass is 10.2. The topological polar surface area (TPSA) is 37.4 Å². The van der Waals surface area contributed by atoms with E-state index in [9.17, 15) is 0 Å². The number of ether oxygens (including phenoxy) is 1. The molecule has 94 valence electrons. The van der Waals surface area contributed by atoms with E-state index in [1.807, 2.05) is 12.3 Å². The quantitative estimate of drug-likeness (QED) is 0.843. The average Bonchev–Trinajstić information content (AvgIpc) is 2.39. The van der Waals surface area contributed by atoms with Crippen molar-refractivity contribution >= 4 is 5.82 Å². The molecule has 1 aromatic heterocycles. The summed E-state index contributed by atoms with van der Waals surface area (Å²) in [5.41, 5.74) is 1.28. The molecule has 0 radical (unpaired) electrons. The highest BCUT2D eigenvalue weighted by Crippen LogP contribution is 2.14. The summed E-state index contributed by atoms with van der Waals surface area (Å²) < 4.78 is 5.36. The second-order valence-electron chi connectivity index (χ2n) is 4.33. The Morgan fingerprint density at radius 2 is 2.24 bits per heavy atom. The maximum absolute atomic E-state index is 5.36. The lowest BCUT2D eigenvalue weighted by Gasteiger charge is -2.27. The fraction of sp³-hybridized carbons (Fsp3) is 0.615. The number of aromatic nitrogens is 1. The molecule has 0 amide bonds. The molecule has 17 heavy (non-hydrogen) atoms. The Morgan fingerprint density at radius 3 is 3.00 bits per heavy atom. The number of rotatable bonds is 5.